The fourth-order valence-corrected chi connectivity index (χ4v) is 4.00. The summed E-state index contributed by atoms with van der Waals surface area (Å²) in [5, 5.41) is 0.0236. The predicted molar refractivity (Wildman–Crippen MR) is 99.1 cm³/mol. The van der Waals surface area contributed by atoms with Crippen LogP contribution < -0.4 is 16.1 Å². The Hall–Kier alpha value is -2.87. The van der Waals surface area contributed by atoms with Crippen LogP contribution in [-0.2, 0) is 23.5 Å². The summed E-state index contributed by atoms with van der Waals surface area (Å²) in [6.45, 7) is 3.76. The van der Waals surface area contributed by atoms with Crippen LogP contribution in [0, 0.1) is 6.92 Å². The van der Waals surface area contributed by atoms with Gasteiger partial charge in [0.1, 0.15) is 0 Å². The third-order valence-electron chi connectivity index (χ3n) is 4.29. The number of rotatable bonds is 4. The number of sulfonamides is 1. The van der Waals surface area contributed by atoms with Crippen molar-refractivity contribution in [1.29, 1.82) is 0 Å². The Morgan fingerprint density at radius 2 is 1.88 bits per heavy atom. The highest BCUT2D eigenvalue weighted by atomic mass is 32.2. The molecule has 2 aromatic carbocycles. The van der Waals surface area contributed by atoms with Gasteiger partial charge in [0.25, 0.3) is 10.0 Å². The number of hydrogen-bond acceptors (Lipinski definition) is 5. The molecule has 0 radical (unpaired) electrons. The lowest BCUT2D eigenvalue weighted by Gasteiger charge is -2.14. The zero-order valence-electron chi connectivity index (χ0n) is 14.6. The summed E-state index contributed by atoms with van der Waals surface area (Å²) < 4.78 is 34.0. The Morgan fingerprint density at radius 3 is 2.58 bits per heavy atom. The molecule has 1 aromatic heterocycles. The molecular weight excluding hydrogens is 356 g/mol. The zero-order valence-corrected chi connectivity index (χ0v) is 15.4. The summed E-state index contributed by atoms with van der Waals surface area (Å²) in [5.74, 6) is -0.802. The van der Waals surface area contributed by atoms with Gasteiger partial charge < -0.3 is 4.42 Å². The molecule has 0 bridgehead atoms. The van der Waals surface area contributed by atoms with Gasteiger partial charge in [0.05, 0.1) is 21.5 Å². The van der Waals surface area contributed by atoms with Crippen molar-refractivity contribution in [2.75, 3.05) is 4.72 Å². The van der Waals surface area contributed by atoms with E-state index in [0.717, 1.165) is 15.7 Å². The number of aryl methyl sites for hydroxylation is 3. The van der Waals surface area contributed by atoms with E-state index >= 15 is 0 Å². The molecule has 1 N–H and O–H groups in total. The standard InChI is InChI=1S/C18H18N2O5S/c1-4-12-7-5-6-11(2)16(12)19-26(23,24)13-8-9-15-14(10-13)17(21)25-18(22)20(15)3/h5-10,19H,4H2,1-3H3. The average molecular weight is 374 g/mol. The normalized spacial score (nSPS) is 11.7. The van der Waals surface area contributed by atoms with Crippen LogP contribution in [0.2, 0.25) is 0 Å². The predicted octanol–water partition coefficient (Wildman–Crippen LogP) is 2.16. The summed E-state index contributed by atoms with van der Waals surface area (Å²) in [6, 6.07) is 9.53. The molecule has 0 aliphatic carbocycles. The molecule has 26 heavy (non-hydrogen) atoms. The molecule has 0 amide bonds. The largest absolute Gasteiger partial charge is 0.422 e. The van der Waals surface area contributed by atoms with E-state index in [1.54, 1.807) is 0 Å². The summed E-state index contributed by atoms with van der Waals surface area (Å²) in [5.41, 5.74) is 1.63. The molecule has 0 aliphatic heterocycles. The van der Waals surface area contributed by atoms with Crippen molar-refractivity contribution in [3.05, 3.63) is 68.5 Å². The van der Waals surface area contributed by atoms with Crippen LogP contribution in [0.15, 0.2) is 55.3 Å². The van der Waals surface area contributed by atoms with Crippen LogP contribution >= 0.6 is 0 Å². The number of benzene rings is 2. The zero-order chi connectivity index (χ0) is 19.1. The Bertz CT molecular complexity index is 1220. The first kappa shape index (κ1) is 17.9. The van der Waals surface area contributed by atoms with E-state index < -0.39 is 21.4 Å². The molecule has 8 heteroatoms. The fourth-order valence-electron chi connectivity index (χ4n) is 2.80. The summed E-state index contributed by atoms with van der Waals surface area (Å²) >= 11 is 0. The molecule has 1 heterocycles. The lowest BCUT2D eigenvalue weighted by molar-refractivity contribution is 0.432. The van der Waals surface area contributed by atoms with Gasteiger partial charge in [-0.05, 0) is 42.7 Å². The number of anilines is 1. The minimum atomic E-state index is -3.92. The van der Waals surface area contributed by atoms with Gasteiger partial charge in [-0.3, -0.25) is 9.29 Å². The molecule has 0 aliphatic rings. The summed E-state index contributed by atoms with van der Waals surface area (Å²) in [6.07, 6.45) is 0.670. The van der Waals surface area contributed by atoms with Crippen molar-refractivity contribution in [2.45, 2.75) is 25.2 Å². The van der Waals surface area contributed by atoms with Crippen molar-refractivity contribution in [3.8, 4) is 0 Å². The molecule has 0 unspecified atom stereocenters. The topological polar surface area (TPSA) is 98.4 Å². The van der Waals surface area contributed by atoms with Crippen LogP contribution in [0.4, 0.5) is 5.69 Å². The number of aromatic nitrogens is 1. The smallest absolute Gasteiger partial charge is 0.372 e. The lowest BCUT2D eigenvalue weighted by atomic mass is 10.1. The highest BCUT2D eigenvalue weighted by Crippen LogP contribution is 2.25. The fraction of sp³-hybridized carbons (Fsp3) is 0.222. The van der Waals surface area contributed by atoms with Crippen LogP contribution in [-0.4, -0.2) is 13.0 Å². The summed E-state index contributed by atoms with van der Waals surface area (Å²) in [7, 11) is -2.47. The van der Waals surface area contributed by atoms with Gasteiger partial charge >= 0.3 is 11.4 Å². The van der Waals surface area contributed by atoms with Crippen LogP contribution in [0.5, 0.6) is 0 Å². The van der Waals surface area contributed by atoms with E-state index in [4.69, 9.17) is 0 Å². The van der Waals surface area contributed by atoms with Crippen molar-refractivity contribution in [2.24, 2.45) is 7.05 Å². The third kappa shape index (κ3) is 3.03. The molecule has 7 nitrogen and oxygen atoms in total. The molecule has 3 aromatic rings. The van der Waals surface area contributed by atoms with Crippen molar-refractivity contribution in [3.63, 3.8) is 0 Å². The maximum Gasteiger partial charge on any atom is 0.422 e. The van der Waals surface area contributed by atoms with Crippen LogP contribution in [0.3, 0.4) is 0 Å². The van der Waals surface area contributed by atoms with Crippen molar-refractivity contribution in [1.82, 2.24) is 4.57 Å². The first-order chi connectivity index (χ1) is 12.2. The first-order valence-electron chi connectivity index (χ1n) is 8.00. The van der Waals surface area contributed by atoms with Gasteiger partial charge in [-0.2, -0.15) is 0 Å². The van der Waals surface area contributed by atoms with E-state index in [1.165, 1.54) is 25.2 Å². The van der Waals surface area contributed by atoms with E-state index in [2.05, 4.69) is 9.14 Å². The van der Waals surface area contributed by atoms with Gasteiger partial charge in [0, 0.05) is 7.05 Å². The van der Waals surface area contributed by atoms with Crippen molar-refractivity contribution >= 4 is 26.6 Å². The third-order valence-corrected chi connectivity index (χ3v) is 5.64. The highest BCUT2D eigenvalue weighted by Gasteiger charge is 2.19. The van der Waals surface area contributed by atoms with Crippen LogP contribution in [0.1, 0.15) is 18.1 Å². The number of hydrogen-bond donors (Lipinski definition) is 1. The SMILES string of the molecule is CCc1cccc(C)c1NS(=O)(=O)c1ccc2c(c1)c(=O)oc(=O)n2C. The Labute approximate surface area is 149 Å². The maximum atomic E-state index is 12.8. The number of nitrogens with one attached hydrogen (secondary N) is 1. The quantitative estimate of drug-likeness (QED) is 0.755. The van der Waals surface area contributed by atoms with Gasteiger partial charge in [-0.15, -0.1) is 0 Å². The molecule has 0 atom stereocenters. The van der Waals surface area contributed by atoms with E-state index in [1.807, 2.05) is 32.0 Å². The van der Waals surface area contributed by atoms with Crippen LogP contribution in [0.25, 0.3) is 10.9 Å². The van der Waals surface area contributed by atoms with Gasteiger partial charge in [-0.25, -0.2) is 18.0 Å². The summed E-state index contributed by atoms with van der Waals surface area (Å²) in [4.78, 5) is 23.4. The number of para-hydroxylation sites is 1. The molecule has 0 saturated heterocycles. The average Bonchev–Trinajstić information content (AvgIpc) is 2.61. The maximum absolute atomic E-state index is 12.8. The highest BCUT2D eigenvalue weighted by molar-refractivity contribution is 7.92. The molecule has 3 rings (SSSR count). The Balaban J connectivity index is 2.14. The van der Waals surface area contributed by atoms with Gasteiger partial charge in [0.15, 0.2) is 0 Å². The molecule has 0 spiro atoms. The first-order valence-corrected chi connectivity index (χ1v) is 9.48. The second-order valence-electron chi connectivity index (χ2n) is 5.96. The second kappa shape index (κ2) is 6.45. The molecular formula is C18H18N2O5S. The Morgan fingerprint density at radius 1 is 1.15 bits per heavy atom. The number of fused-ring (bicyclic) bond motifs is 1. The van der Waals surface area contributed by atoms with E-state index in [0.29, 0.717) is 17.6 Å². The monoisotopic (exact) mass is 374 g/mol. The molecule has 136 valence electrons. The molecule has 0 saturated carbocycles. The number of nitrogens with zero attached hydrogens (tertiary/aromatic N) is 1. The van der Waals surface area contributed by atoms with Gasteiger partial charge in [0.2, 0.25) is 0 Å². The lowest BCUT2D eigenvalue weighted by Crippen LogP contribution is -2.23. The molecule has 0 fully saturated rings. The minimum Gasteiger partial charge on any atom is -0.372 e. The van der Waals surface area contributed by atoms with E-state index in [9.17, 15) is 18.0 Å². The van der Waals surface area contributed by atoms with E-state index in [-0.39, 0.29) is 10.3 Å². The second-order valence-corrected chi connectivity index (χ2v) is 7.64. The van der Waals surface area contributed by atoms with Gasteiger partial charge in [-0.1, -0.05) is 25.1 Å². The van der Waals surface area contributed by atoms with Crippen molar-refractivity contribution < 1.29 is 12.8 Å². The Kier molecular flexibility index (Phi) is 4.45. The minimum absolute atomic E-state index is 0.0236.